The predicted octanol–water partition coefficient (Wildman–Crippen LogP) is 3.66. The van der Waals surface area contributed by atoms with Gasteiger partial charge in [-0.2, -0.15) is 0 Å². The van der Waals surface area contributed by atoms with E-state index in [1.165, 1.54) is 10.5 Å². The maximum Gasteiger partial charge on any atom is 0.268 e. The Hall–Kier alpha value is -2.53. The van der Waals surface area contributed by atoms with E-state index in [-0.39, 0.29) is 18.4 Å². The first-order valence-electron chi connectivity index (χ1n) is 8.14. The van der Waals surface area contributed by atoms with E-state index in [2.05, 4.69) is 12.2 Å². The summed E-state index contributed by atoms with van der Waals surface area (Å²) in [5.41, 5.74) is 2.40. The number of carbonyl (C=O) groups is 2. The van der Waals surface area contributed by atoms with Gasteiger partial charge in [0, 0.05) is 10.7 Å². The van der Waals surface area contributed by atoms with Crippen LogP contribution in [0.5, 0.6) is 5.75 Å². The molecule has 2 amide bonds. The quantitative estimate of drug-likeness (QED) is 0.907. The number of hydrogen-bond donors (Lipinski definition) is 1. The molecule has 0 saturated heterocycles. The Balaban J connectivity index is 1.77. The van der Waals surface area contributed by atoms with Gasteiger partial charge in [0.15, 0.2) is 6.10 Å². The third-order valence-electron chi connectivity index (χ3n) is 4.08. The average Bonchev–Trinajstić information content (AvgIpc) is 2.60. The molecule has 2 aromatic carbocycles. The third kappa shape index (κ3) is 3.77. The zero-order chi connectivity index (χ0) is 18.0. The first kappa shape index (κ1) is 17.3. The fraction of sp³-hybridized carbons (Fsp3) is 0.263. The highest BCUT2D eigenvalue weighted by atomic mass is 35.5. The fourth-order valence-electron chi connectivity index (χ4n) is 2.71. The number of nitrogens with one attached hydrogen (secondary N) is 1. The largest absolute Gasteiger partial charge is 0.479 e. The van der Waals surface area contributed by atoms with E-state index in [9.17, 15) is 9.59 Å². The first-order valence-corrected chi connectivity index (χ1v) is 8.52. The second-order valence-corrected chi connectivity index (χ2v) is 6.33. The topological polar surface area (TPSA) is 58.6 Å². The zero-order valence-corrected chi connectivity index (χ0v) is 14.8. The van der Waals surface area contributed by atoms with Crippen molar-refractivity contribution in [2.75, 3.05) is 16.8 Å². The van der Waals surface area contributed by atoms with Crippen molar-refractivity contribution in [2.24, 2.45) is 0 Å². The first-order chi connectivity index (χ1) is 12.0. The van der Waals surface area contributed by atoms with Crippen molar-refractivity contribution in [3.05, 3.63) is 53.1 Å². The Kier molecular flexibility index (Phi) is 4.95. The van der Waals surface area contributed by atoms with Gasteiger partial charge in [-0.05, 0) is 49.2 Å². The Morgan fingerprint density at radius 2 is 1.96 bits per heavy atom. The minimum atomic E-state index is -0.648. The number of nitrogens with zero attached hydrogens (tertiary/aromatic N) is 1. The van der Waals surface area contributed by atoms with Gasteiger partial charge < -0.3 is 10.1 Å². The summed E-state index contributed by atoms with van der Waals surface area (Å²) in [5, 5.41) is 3.29. The van der Waals surface area contributed by atoms with Gasteiger partial charge in [-0.15, -0.1) is 0 Å². The van der Waals surface area contributed by atoms with Crippen LogP contribution in [0.15, 0.2) is 42.5 Å². The molecule has 0 aliphatic carbocycles. The smallest absolute Gasteiger partial charge is 0.268 e. The van der Waals surface area contributed by atoms with Crippen LogP contribution in [-0.4, -0.2) is 24.5 Å². The van der Waals surface area contributed by atoms with E-state index < -0.39 is 6.10 Å². The van der Waals surface area contributed by atoms with Gasteiger partial charge >= 0.3 is 0 Å². The number of hydrogen-bond acceptors (Lipinski definition) is 3. The maximum absolute atomic E-state index is 12.4. The molecule has 0 saturated carbocycles. The molecule has 0 fully saturated rings. The highest BCUT2D eigenvalue weighted by molar-refractivity contribution is 6.31. The average molecular weight is 359 g/mol. The van der Waals surface area contributed by atoms with E-state index in [0.29, 0.717) is 22.1 Å². The lowest BCUT2D eigenvalue weighted by molar-refractivity contribution is -0.127. The molecule has 1 aliphatic heterocycles. The summed E-state index contributed by atoms with van der Waals surface area (Å²) < 4.78 is 5.57. The Morgan fingerprint density at radius 1 is 1.24 bits per heavy atom. The monoisotopic (exact) mass is 358 g/mol. The standard InChI is InChI=1S/C19H19ClN2O3/c1-3-13-4-7-15(8-5-13)21-18(23)11-22-16-10-14(20)6-9-17(16)25-12(2)19(22)24/h4-10,12H,3,11H2,1-2H3,(H,21,23). The van der Waals surface area contributed by atoms with Crippen molar-refractivity contribution >= 4 is 34.8 Å². The van der Waals surface area contributed by atoms with Crippen LogP contribution in [0.1, 0.15) is 19.4 Å². The molecular formula is C19H19ClN2O3. The van der Waals surface area contributed by atoms with Crippen LogP contribution < -0.4 is 15.0 Å². The maximum atomic E-state index is 12.4. The van der Waals surface area contributed by atoms with Crippen molar-refractivity contribution < 1.29 is 14.3 Å². The molecule has 1 unspecified atom stereocenters. The molecule has 0 spiro atoms. The molecule has 2 aromatic rings. The lowest BCUT2D eigenvalue weighted by atomic mass is 10.1. The second-order valence-electron chi connectivity index (χ2n) is 5.90. The third-order valence-corrected chi connectivity index (χ3v) is 4.31. The minimum Gasteiger partial charge on any atom is -0.479 e. The van der Waals surface area contributed by atoms with E-state index in [1.54, 1.807) is 25.1 Å². The van der Waals surface area contributed by atoms with Gasteiger partial charge in [0.2, 0.25) is 5.91 Å². The number of benzene rings is 2. The molecule has 0 bridgehead atoms. The van der Waals surface area contributed by atoms with Gasteiger partial charge in [0.1, 0.15) is 12.3 Å². The highest BCUT2D eigenvalue weighted by Crippen LogP contribution is 2.36. The van der Waals surface area contributed by atoms with Crippen LogP contribution in [0.25, 0.3) is 0 Å². The predicted molar refractivity (Wildman–Crippen MR) is 98.3 cm³/mol. The van der Waals surface area contributed by atoms with Crippen molar-refractivity contribution in [1.82, 2.24) is 0 Å². The van der Waals surface area contributed by atoms with Crippen LogP contribution in [0.2, 0.25) is 5.02 Å². The molecule has 1 heterocycles. The Morgan fingerprint density at radius 3 is 2.64 bits per heavy atom. The summed E-state index contributed by atoms with van der Waals surface area (Å²) in [6.45, 7) is 3.63. The summed E-state index contributed by atoms with van der Waals surface area (Å²) in [6.07, 6.45) is 0.289. The zero-order valence-electron chi connectivity index (χ0n) is 14.1. The molecule has 3 rings (SSSR count). The Labute approximate surface area is 151 Å². The van der Waals surface area contributed by atoms with E-state index in [1.807, 2.05) is 24.3 Å². The Bertz CT molecular complexity index is 805. The molecule has 6 heteroatoms. The second kappa shape index (κ2) is 7.15. The van der Waals surface area contributed by atoms with Crippen LogP contribution >= 0.6 is 11.6 Å². The van der Waals surface area contributed by atoms with E-state index in [4.69, 9.17) is 16.3 Å². The summed E-state index contributed by atoms with van der Waals surface area (Å²) in [7, 11) is 0. The van der Waals surface area contributed by atoms with Gasteiger partial charge in [0.25, 0.3) is 5.91 Å². The van der Waals surface area contributed by atoms with Gasteiger partial charge in [-0.1, -0.05) is 30.7 Å². The molecule has 25 heavy (non-hydrogen) atoms. The number of aryl methyl sites for hydroxylation is 1. The number of fused-ring (bicyclic) bond motifs is 1. The summed E-state index contributed by atoms with van der Waals surface area (Å²) >= 11 is 6.03. The van der Waals surface area contributed by atoms with E-state index in [0.717, 1.165) is 6.42 Å². The van der Waals surface area contributed by atoms with Crippen molar-refractivity contribution in [2.45, 2.75) is 26.4 Å². The van der Waals surface area contributed by atoms with Gasteiger partial charge in [-0.3, -0.25) is 14.5 Å². The van der Waals surface area contributed by atoms with Crippen LogP contribution in [0, 0.1) is 0 Å². The lowest BCUT2D eigenvalue weighted by Gasteiger charge is -2.32. The molecular weight excluding hydrogens is 340 g/mol. The number of anilines is 2. The molecule has 1 atom stereocenters. The molecule has 0 aromatic heterocycles. The highest BCUT2D eigenvalue weighted by Gasteiger charge is 2.32. The SMILES string of the molecule is CCc1ccc(NC(=O)CN2C(=O)C(C)Oc3ccc(Cl)cc32)cc1. The van der Waals surface area contributed by atoms with Crippen LogP contribution in [-0.2, 0) is 16.0 Å². The summed E-state index contributed by atoms with van der Waals surface area (Å²) in [6, 6.07) is 12.7. The number of halogens is 1. The number of carbonyl (C=O) groups excluding carboxylic acids is 2. The summed E-state index contributed by atoms with van der Waals surface area (Å²) in [5.74, 6) is -0.0135. The molecule has 5 nitrogen and oxygen atoms in total. The molecule has 130 valence electrons. The van der Waals surface area contributed by atoms with Crippen LogP contribution in [0.3, 0.4) is 0 Å². The number of ether oxygens (including phenoxy) is 1. The van der Waals surface area contributed by atoms with Crippen molar-refractivity contribution in [3.63, 3.8) is 0 Å². The normalized spacial score (nSPS) is 16.2. The van der Waals surface area contributed by atoms with Crippen LogP contribution in [0.4, 0.5) is 11.4 Å². The summed E-state index contributed by atoms with van der Waals surface area (Å²) in [4.78, 5) is 26.3. The molecule has 1 aliphatic rings. The molecule has 0 radical (unpaired) electrons. The minimum absolute atomic E-state index is 0.102. The fourth-order valence-corrected chi connectivity index (χ4v) is 2.88. The number of rotatable bonds is 4. The van der Waals surface area contributed by atoms with E-state index >= 15 is 0 Å². The number of amides is 2. The lowest BCUT2D eigenvalue weighted by Crippen LogP contribution is -2.47. The van der Waals surface area contributed by atoms with Gasteiger partial charge in [-0.25, -0.2) is 0 Å². The van der Waals surface area contributed by atoms with Crippen molar-refractivity contribution in [1.29, 1.82) is 0 Å². The molecule has 1 N–H and O–H groups in total. The van der Waals surface area contributed by atoms with Crippen molar-refractivity contribution in [3.8, 4) is 5.75 Å². The van der Waals surface area contributed by atoms with Gasteiger partial charge in [0.05, 0.1) is 5.69 Å².